The van der Waals surface area contributed by atoms with Crippen molar-refractivity contribution in [2.45, 2.75) is 51.5 Å². The highest BCUT2D eigenvalue weighted by molar-refractivity contribution is 5.94. The molecule has 2 amide bonds. The molecule has 0 spiro atoms. The van der Waals surface area contributed by atoms with Crippen LogP contribution in [0.3, 0.4) is 0 Å². The van der Waals surface area contributed by atoms with Crippen LogP contribution in [0.15, 0.2) is 24.3 Å². The van der Waals surface area contributed by atoms with Crippen LogP contribution in [0.25, 0.3) is 0 Å². The molecule has 5 nitrogen and oxygen atoms in total. The zero-order valence-corrected chi connectivity index (χ0v) is 15.7. The van der Waals surface area contributed by atoms with Crippen LogP contribution < -0.4 is 5.32 Å². The Morgan fingerprint density at radius 3 is 2.58 bits per heavy atom. The summed E-state index contributed by atoms with van der Waals surface area (Å²) < 4.78 is 0. The fourth-order valence-electron chi connectivity index (χ4n) is 3.87. The van der Waals surface area contributed by atoms with Crippen molar-refractivity contribution in [3.63, 3.8) is 0 Å². The number of nitrogens with zero attached hydrogens (tertiary/aromatic N) is 2. The van der Waals surface area contributed by atoms with E-state index in [1.165, 1.54) is 38.8 Å². The maximum absolute atomic E-state index is 12.4. The summed E-state index contributed by atoms with van der Waals surface area (Å²) in [5, 5.41) is 3.04. The zero-order chi connectivity index (χ0) is 18.2. The van der Waals surface area contributed by atoms with Crippen LogP contribution in [0.2, 0.25) is 0 Å². The third kappa shape index (κ3) is 5.56. The summed E-state index contributed by atoms with van der Waals surface area (Å²) in [5.41, 5.74) is 1.71. The molecule has 3 rings (SSSR count). The molecule has 0 bridgehead atoms. The summed E-state index contributed by atoms with van der Waals surface area (Å²) in [5.74, 6) is 0.198. The van der Waals surface area contributed by atoms with E-state index in [2.05, 4.69) is 10.2 Å². The standard InChI is InChI=1S/C21H31N3O2/c25-20-10-6-15-24(20)17-18-8-5-9-19(16-18)21(26)22-11-7-14-23-12-3-1-2-4-13-23/h5,8-9,16H,1-4,6-7,10-15,17H2,(H,22,26). The minimum atomic E-state index is -0.0181. The summed E-state index contributed by atoms with van der Waals surface area (Å²) in [6, 6.07) is 7.65. The van der Waals surface area contributed by atoms with E-state index in [1.807, 2.05) is 29.2 Å². The molecule has 2 saturated heterocycles. The zero-order valence-electron chi connectivity index (χ0n) is 15.7. The molecule has 5 heteroatoms. The fourth-order valence-corrected chi connectivity index (χ4v) is 3.87. The first kappa shape index (κ1) is 18.9. The minimum Gasteiger partial charge on any atom is -0.352 e. The SMILES string of the molecule is O=C(NCCCN1CCCCCC1)c1cccc(CN2CCCC2=O)c1. The van der Waals surface area contributed by atoms with Crippen molar-refractivity contribution in [2.75, 3.05) is 32.7 Å². The molecule has 2 aliphatic rings. The third-order valence-electron chi connectivity index (χ3n) is 5.37. The van der Waals surface area contributed by atoms with Gasteiger partial charge in [0.2, 0.25) is 5.91 Å². The quantitative estimate of drug-likeness (QED) is 0.764. The summed E-state index contributed by atoms with van der Waals surface area (Å²) in [7, 11) is 0. The smallest absolute Gasteiger partial charge is 0.251 e. The molecular weight excluding hydrogens is 326 g/mol. The van der Waals surface area contributed by atoms with Crippen LogP contribution in [-0.4, -0.2) is 54.3 Å². The van der Waals surface area contributed by atoms with Crippen molar-refractivity contribution in [3.05, 3.63) is 35.4 Å². The molecule has 2 fully saturated rings. The topological polar surface area (TPSA) is 52.7 Å². The van der Waals surface area contributed by atoms with Crippen LogP contribution in [0.1, 0.15) is 60.9 Å². The van der Waals surface area contributed by atoms with E-state index < -0.39 is 0 Å². The normalized spacial score (nSPS) is 18.8. The number of hydrogen-bond acceptors (Lipinski definition) is 3. The Morgan fingerprint density at radius 1 is 1.04 bits per heavy atom. The summed E-state index contributed by atoms with van der Waals surface area (Å²) in [6.45, 7) is 5.61. The van der Waals surface area contributed by atoms with Crippen molar-refractivity contribution >= 4 is 11.8 Å². The van der Waals surface area contributed by atoms with E-state index in [0.717, 1.165) is 31.5 Å². The van der Waals surface area contributed by atoms with Crippen molar-refractivity contribution in [2.24, 2.45) is 0 Å². The Morgan fingerprint density at radius 2 is 1.85 bits per heavy atom. The van der Waals surface area contributed by atoms with Crippen LogP contribution in [0.5, 0.6) is 0 Å². The maximum Gasteiger partial charge on any atom is 0.251 e. The second kappa shape index (κ2) is 9.72. The molecule has 0 atom stereocenters. The minimum absolute atomic E-state index is 0.0181. The van der Waals surface area contributed by atoms with Crippen LogP contribution in [-0.2, 0) is 11.3 Å². The lowest BCUT2D eigenvalue weighted by molar-refractivity contribution is -0.128. The lowest BCUT2D eigenvalue weighted by atomic mass is 10.1. The Labute approximate surface area is 156 Å². The average molecular weight is 357 g/mol. The van der Waals surface area contributed by atoms with Crippen molar-refractivity contribution in [3.8, 4) is 0 Å². The monoisotopic (exact) mass is 357 g/mol. The Bertz CT molecular complexity index is 609. The number of carbonyl (C=O) groups excluding carboxylic acids is 2. The molecular formula is C21H31N3O2. The number of carbonyl (C=O) groups is 2. The van der Waals surface area contributed by atoms with Crippen molar-refractivity contribution in [1.29, 1.82) is 0 Å². The number of hydrogen-bond donors (Lipinski definition) is 1. The van der Waals surface area contributed by atoms with Gasteiger partial charge in [0.25, 0.3) is 5.91 Å². The van der Waals surface area contributed by atoms with E-state index in [9.17, 15) is 9.59 Å². The van der Waals surface area contributed by atoms with Gasteiger partial charge in [-0.2, -0.15) is 0 Å². The van der Waals surface area contributed by atoms with Gasteiger partial charge in [-0.15, -0.1) is 0 Å². The predicted molar refractivity (Wildman–Crippen MR) is 103 cm³/mol. The van der Waals surface area contributed by atoms with Crippen LogP contribution >= 0.6 is 0 Å². The number of benzene rings is 1. The van der Waals surface area contributed by atoms with Gasteiger partial charge in [-0.05, 0) is 63.0 Å². The van der Waals surface area contributed by atoms with E-state index in [1.54, 1.807) is 0 Å². The first-order valence-electron chi connectivity index (χ1n) is 10.1. The molecule has 0 saturated carbocycles. The first-order valence-corrected chi connectivity index (χ1v) is 10.1. The number of nitrogens with one attached hydrogen (secondary N) is 1. The van der Waals surface area contributed by atoms with E-state index in [0.29, 0.717) is 25.1 Å². The Hall–Kier alpha value is -1.88. The van der Waals surface area contributed by atoms with Gasteiger partial charge in [0, 0.05) is 31.6 Å². The molecule has 0 unspecified atom stereocenters. The highest BCUT2D eigenvalue weighted by Gasteiger charge is 2.20. The van der Waals surface area contributed by atoms with Gasteiger partial charge >= 0.3 is 0 Å². The van der Waals surface area contributed by atoms with E-state index >= 15 is 0 Å². The van der Waals surface area contributed by atoms with Gasteiger partial charge in [-0.25, -0.2) is 0 Å². The lowest BCUT2D eigenvalue weighted by Crippen LogP contribution is -2.30. The van der Waals surface area contributed by atoms with Crippen molar-refractivity contribution < 1.29 is 9.59 Å². The molecule has 142 valence electrons. The number of rotatable bonds is 7. The molecule has 1 aromatic rings. The van der Waals surface area contributed by atoms with Gasteiger partial charge < -0.3 is 15.1 Å². The first-order chi connectivity index (χ1) is 12.7. The van der Waals surface area contributed by atoms with Gasteiger partial charge in [-0.1, -0.05) is 25.0 Å². The van der Waals surface area contributed by atoms with Gasteiger partial charge in [0.1, 0.15) is 0 Å². The average Bonchev–Trinajstić information content (AvgIpc) is 2.89. The fraction of sp³-hybridized carbons (Fsp3) is 0.619. The second-order valence-corrected chi connectivity index (χ2v) is 7.48. The number of amides is 2. The molecule has 1 N–H and O–H groups in total. The maximum atomic E-state index is 12.4. The highest BCUT2D eigenvalue weighted by Crippen LogP contribution is 2.15. The Kier molecular flexibility index (Phi) is 7.06. The summed E-state index contributed by atoms with van der Waals surface area (Å²) in [6.07, 6.45) is 7.90. The van der Waals surface area contributed by atoms with Gasteiger partial charge in [0.05, 0.1) is 0 Å². The lowest BCUT2D eigenvalue weighted by Gasteiger charge is -2.19. The molecule has 26 heavy (non-hydrogen) atoms. The largest absolute Gasteiger partial charge is 0.352 e. The van der Waals surface area contributed by atoms with Gasteiger partial charge in [0.15, 0.2) is 0 Å². The van der Waals surface area contributed by atoms with Gasteiger partial charge in [-0.3, -0.25) is 9.59 Å². The van der Waals surface area contributed by atoms with Crippen LogP contribution in [0.4, 0.5) is 0 Å². The summed E-state index contributed by atoms with van der Waals surface area (Å²) >= 11 is 0. The summed E-state index contributed by atoms with van der Waals surface area (Å²) in [4.78, 5) is 28.6. The molecule has 2 heterocycles. The highest BCUT2D eigenvalue weighted by atomic mass is 16.2. The Balaban J connectivity index is 1.42. The molecule has 0 aliphatic carbocycles. The van der Waals surface area contributed by atoms with E-state index in [-0.39, 0.29) is 11.8 Å². The molecule has 1 aromatic carbocycles. The third-order valence-corrected chi connectivity index (χ3v) is 5.37. The molecule has 0 aromatic heterocycles. The predicted octanol–water partition coefficient (Wildman–Crippen LogP) is 2.80. The molecule has 2 aliphatic heterocycles. The van der Waals surface area contributed by atoms with E-state index in [4.69, 9.17) is 0 Å². The second-order valence-electron chi connectivity index (χ2n) is 7.48. The number of likely N-dealkylation sites (tertiary alicyclic amines) is 2. The van der Waals surface area contributed by atoms with Crippen LogP contribution in [0, 0.1) is 0 Å². The van der Waals surface area contributed by atoms with Crippen molar-refractivity contribution in [1.82, 2.24) is 15.1 Å². The molecule has 0 radical (unpaired) electrons.